The van der Waals surface area contributed by atoms with Crippen LogP contribution in [0, 0.1) is 5.92 Å². The maximum atomic E-state index is 12.2. The molecule has 112 valence electrons. The van der Waals surface area contributed by atoms with Gasteiger partial charge in [-0.1, -0.05) is 60.1 Å². The highest BCUT2D eigenvalue weighted by atomic mass is 35.5. The number of carbonyl (C=O) groups excluding carboxylic acids is 1. The minimum absolute atomic E-state index is 0.0187. The summed E-state index contributed by atoms with van der Waals surface area (Å²) in [4.78, 5) is 12.2. The van der Waals surface area contributed by atoms with Crippen LogP contribution in [0.1, 0.15) is 30.4 Å². The number of carbonyl (C=O) groups is 1. The number of rotatable bonds is 4. The van der Waals surface area contributed by atoms with Crippen molar-refractivity contribution in [1.82, 2.24) is 5.43 Å². The lowest BCUT2D eigenvalue weighted by atomic mass is 10.1. The molecule has 0 saturated heterocycles. The quantitative estimate of drug-likeness (QED) is 0.673. The summed E-state index contributed by atoms with van der Waals surface area (Å²) in [5.41, 5.74) is 5.42. The number of nitrogens with zero attached hydrogens (tertiary/aromatic N) is 1. The van der Waals surface area contributed by atoms with Crippen molar-refractivity contribution >= 4 is 23.2 Å². The second-order valence-corrected chi connectivity index (χ2v) is 5.92. The van der Waals surface area contributed by atoms with Gasteiger partial charge in [-0.05, 0) is 30.9 Å². The largest absolute Gasteiger partial charge is 0.273 e. The Morgan fingerprint density at radius 2 is 1.82 bits per heavy atom. The molecule has 2 aromatic carbocycles. The van der Waals surface area contributed by atoms with E-state index in [1.54, 1.807) is 0 Å². The van der Waals surface area contributed by atoms with Gasteiger partial charge in [-0.15, -0.1) is 0 Å². The van der Waals surface area contributed by atoms with Crippen LogP contribution in [0.4, 0.5) is 0 Å². The number of halogens is 1. The summed E-state index contributed by atoms with van der Waals surface area (Å²) in [5.74, 6) is 0.308. The average Bonchev–Trinajstić information content (AvgIpc) is 3.34. The summed E-state index contributed by atoms with van der Waals surface area (Å²) in [6.07, 6.45) is 0.885. The van der Waals surface area contributed by atoms with E-state index in [2.05, 4.69) is 22.7 Å². The first-order valence-corrected chi connectivity index (χ1v) is 7.68. The Labute approximate surface area is 135 Å². The van der Waals surface area contributed by atoms with Gasteiger partial charge in [0.25, 0.3) is 0 Å². The van der Waals surface area contributed by atoms with E-state index in [1.807, 2.05) is 49.4 Å². The van der Waals surface area contributed by atoms with Gasteiger partial charge < -0.3 is 0 Å². The summed E-state index contributed by atoms with van der Waals surface area (Å²) in [6.45, 7) is 1.84. The number of hydrogen-bond acceptors (Lipinski definition) is 2. The minimum atomic E-state index is -0.0275. The SMILES string of the molecule is CC(=NNC(=O)[C@H]1C[C@@H]1c1ccccc1)c1ccccc1Cl. The Hall–Kier alpha value is -2.13. The smallest absolute Gasteiger partial charge is 0.243 e. The summed E-state index contributed by atoms with van der Waals surface area (Å²) in [5, 5.41) is 4.81. The predicted octanol–water partition coefficient (Wildman–Crippen LogP) is 3.98. The van der Waals surface area contributed by atoms with Crippen LogP contribution >= 0.6 is 11.6 Å². The van der Waals surface area contributed by atoms with Crippen molar-refractivity contribution in [3.05, 3.63) is 70.7 Å². The molecule has 0 spiro atoms. The highest BCUT2D eigenvalue weighted by molar-refractivity contribution is 6.34. The van der Waals surface area contributed by atoms with Crippen LogP contribution in [0.2, 0.25) is 5.02 Å². The average molecular weight is 313 g/mol. The lowest BCUT2D eigenvalue weighted by Gasteiger charge is -2.04. The van der Waals surface area contributed by atoms with Crippen molar-refractivity contribution in [2.24, 2.45) is 11.0 Å². The highest BCUT2D eigenvalue weighted by Gasteiger charge is 2.43. The number of benzene rings is 2. The zero-order valence-electron chi connectivity index (χ0n) is 12.3. The fraction of sp³-hybridized carbons (Fsp3) is 0.222. The zero-order chi connectivity index (χ0) is 15.5. The maximum Gasteiger partial charge on any atom is 0.243 e. The number of hydrazone groups is 1. The molecular weight excluding hydrogens is 296 g/mol. The Balaban J connectivity index is 1.62. The molecular formula is C18H17ClN2O. The van der Waals surface area contributed by atoms with E-state index in [9.17, 15) is 4.79 Å². The second kappa shape index (κ2) is 6.32. The lowest BCUT2D eigenvalue weighted by molar-refractivity contribution is -0.122. The molecule has 3 rings (SSSR count). The molecule has 1 fully saturated rings. The van der Waals surface area contributed by atoms with Gasteiger partial charge in [0.05, 0.1) is 5.71 Å². The molecule has 1 N–H and O–H groups in total. The molecule has 0 radical (unpaired) electrons. The molecule has 1 saturated carbocycles. The molecule has 2 aromatic rings. The summed E-state index contributed by atoms with van der Waals surface area (Å²) >= 11 is 6.12. The molecule has 0 unspecified atom stereocenters. The molecule has 0 aromatic heterocycles. The van der Waals surface area contributed by atoms with Gasteiger partial charge in [0.2, 0.25) is 5.91 Å². The van der Waals surface area contributed by atoms with Gasteiger partial charge in [0.1, 0.15) is 0 Å². The summed E-state index contributed by atoms with van der Waals surface area (Å²) < 4.78 is 0. The van der Waals surface area contributed by atoms with Gasteiger partial charge in [-0.2, -0.15) is 5.10 Å². The number of nitrogens with one attached hydrogen (secondary N) is 1. The summed E-state index contributed by atoms with van der Waals surface area (Å²) in [6, 6.07) is 17.6. The van der Waals surface area contributed by atoms with Crippen molar-refractivity contribution < 1.29 is 4.79 Å². The molecule has 1 aliphatic rings. The third-order valence-electron chi connectivity index (χ3n) is 3.95. The molecule has 22 heavy (non-hydrogen) atoms. The molecule has 4 heteroatoms. The lowest BCUT2D eigenvalue weighted by Crippen LogP contribution is -2.21. The molecule has 0 bridgehead atoms. The Morgan fingerprint density at radius 1 is 1.14 bits per heavy atom. The van der Waals surface area contributed by atoms with Crippen LogP contribution < -0.4 is 5.43 Å². The van der Waals surface area contributed by atoms with Crippen LogP contribution in [-0.2, 0) is 4.79 Å². The third-order valence-corrected chi connectivity index (χ3v) is 4.28. The monoisotopic (exact) mass is 312 g/mol. The van der Waals surface area contributed by atoms with Crippen LogP contribution in [-0.4, -0.2) is 11.6 Å². The Morgan fingerprint density at radius 3 is 2.55 bits per heavy atom. The van der Waals surface area contributed by atoms with Gasteiger partial charge in [0.15, 0.2) is 0 Å². The zero-order valence-corrected chi connectivity index (χ0v) is 13.0. The topological polar surface area (TPSA) is 41.5 Å². The van der Waals surface area contributed by atoms with E-state index >= 15 is 0 Å². The predicted molar refractivity (Wildman–Crippen MR) is 89.1 cm³/mol. The van der Waals surface area contributed by atoms with Crippen molar-refractivity contribution in [2.75, 3.05) is 0 Å². The van der Waals surface area contributed by atoms with Crippen LogP contribution in [0.3, 0.4) is 0 Å². The van der Waals surface area contributed by atoms with Gasteiger partial charge in [0, 0.05) is 16.5 Å². The Bertz CT molecular complexity index is 712. The molecule has 1 amide bonds. The first-order valence-electron chi connectivity index (χ1n) is 7.31. The van der Waals surface area contributed by atoms with Crippen LogP contribution in [0.5, 0.6) is 0 Å². The van der Waals surface area contributed by atoms with E-state index in [1.165, 1.54) is 5.56 Å². The van der Waals surface area contributed by atoms with E-state index < -0.39 is 0 Å². The first kappa shape index (κ1) is 14.8. The number of amides is 1. The van der Waals surface area contributed by atoms with Crippen molar-refractivity contribution in [3.8, 4) is 0 Å². The van der Waals surface area contributed by atoms with Crippen molar-refractivity contribution in [3.63, 3.8) is 0 Å². The van der Waals surface area contributed by atoms with E-state index in [4.69, 9.17) is 11.6 Å². The van der Waals surface area contributed by atoms with Gasteiger partial charge in [-0.3, -0.25) is 4.79 Å². The van der Waals surface area contributed by atoms with Crippen molar-refractivity contribution in [2.45, 2.75) is 19.3 Å². The van der Waals surface area contributed by atoms with E-state index in [0.717, 1.165) is 12.0 Å². The molecule has 0 aliphatic heterocycles. The van der Waals surface area contributed by atoms with Gasteiger partial charge in [-0.25, -0.2) is 5.43 Å². The molecule has 1 aliphatic carbocycles. The third kappa shape index (κ3) is 3.20. The van der Waals surface area contributed by atoms with E-state index in [0.29, 0.717) is 16.7 Å². The highest BCUT2D eigenvalue weighted by Crippen LogP contribution is 2.47. The van der Waals surface area contributed by atoms with Crippen LogP contribution in [0.15, 0.2) is 59.7 Å². The number of hydrogen-bond donors (Lipinski definition) is 1. The maximum absolute atomic E-state index is 12.2. The van der Waals surface area contributed by atoms with Crippen LogP contribution in [0.25, 0.3) is 0 Å². The second-order valence-electron chi connectivity index (χ2n) is 5.51. The summed E-state index contributed by atoms with van der Waals surface area (Å²) in [7, 11) is 0. The van der Waals surface area contributed by atoms with Gasteiger partial charge >= 0.3 is 0 Å². The molecule has 0 heterocycles. The van der Waals surface area contributed by atoms with Crippen molar-refractivity contribution in [1.29, 1.82) is 0 Å². The fourth-order valence-corrected chi connectivity index (χ4v) is 2.86. The first-order chi connectivity index (χ1) is 10.7. The molecule has 3 nitrogen and oxygen atoms in total. The fourth-order valence-electron chi connectivity index (χ4n) is 2.59. The normalized spacial score (nSPS) is 20.5. The minimum Gasteiger partial charge on any atom is -0.273 e. The Kier molecular flexibility index (Phi) is 4.25. The van der Waals surface area contributed by atoms with E-state index in [-0.39, 0.29) is 11.8 Å². The molecule has 2 atom stereocenters. The standard InChI is InChI=1S/C18H17ClN2O/c1-12(14-9-5-6-10-17(14)19)20-21-18(22)16-11-15(16)13-7-3-2-4-8-13/h2-10,15-16H,11H2,1H3,(H,21,22)/t15-,16+/m1/s1.